The maximum absolute atomic E-state index is 14.5. The fraction of sp³-hybridized carbons (Fsp3) is 0.721. The second-order valence-corrected chi connectivity index (χ2v) is 16.7. The van der Waals surface area contributed by atoms with E-state index in [4.69, 9.17) is 42.6 Å². The van der Waals surface area contributed by atoms with E-state index in [2.05, 4.69) is 6.58 Å². The topological polar surface area (TPSA) is 175 Å². The number of esters is 2. The predicted molar refractivity (Wildman–Crippen MR) is 211 cm³/mol. The molecule has 1 unspecified atom stereocenters. The summed E-state index contributed by atoms with van der Waals surface area (Å²) in [5.74, 6) is -5.02. The van der Waals surface area contributed by atoms with Gasteiger partial charge in [0.05, 0.1) is 43.4 Å². The largest absolute Gasteiger partial charge is 0.509 e. The van der Waals surface area contributed by atoms with Crippen LogP contribution in [0.1, 0.15) is 86.3 Å². The predicted octanol–water partition coefficient (Wildman–Crippen LogP) is 5.20. The maximum Gasteiger partial charge on any atom is 0.509 e. The normalized spacial score (nSPS) is 38.1. The molecule has 15 nitrogen and oxygen atoms in total. The number of ketones is 1. The van der Waals surface area contributed by atoms with Gasteiger partial charge >= 0.3 is 18.1 Å². The first-order valence-corrected chi connectivity index (χ1v) is 20.2. The zero-order valence-electron chi connectivity index (χ0n) is 36.1. The molecule has 3 saturated heterocycles. The molecular formula is C43H65NO14. The Labute approximate surface area is 342 Å². The zero-order valence-corrected chi connectivity index (χ0v) is 36.1. The average Bonchev–Trinajstić information content (AvgIpc) is 3.51. The van der Waals surface area contributed by atoms with Gasteiger partial charge in [0.25, 0.3) is 0 Å². The molecule has 15 heteroatoms. The molecule has 1 aromatic rings. The highest BCUT2D eigenvalue weighted by Crippen LogP contribution is 2.43. The molecule has 0 bridgehead atoms. The molecule has 4 rings (SSSR count). The number of ether oxygens (including phenoxy) is 9. The summed E-state index contributed by atoms with van der Waals surface area (Å²) < 4.78 is 54.7. The van der Waals surface area contributed by atoms with Crippen molar-refractivity contribution in [1.82, 2.24) is 4.90 Å². The molecule has 326 valence electrons. The van der Waals surface area contributed by atoms with E-state index >= 15 is 0 Å². The Morgan fingerprint density at radius 3 is 2.36 bits per heavy atom. The van der Waals surface area contributed by atoms with Crippen LogP contribution in [-0.2, 0) is 52.3 Å². The Balaban J connectivity index is 1.90. The van der Waals surface area contributed by atoms with Gasteiger partial charge in [-0.05, 0) is 78.7 Å². The minimum absolute atomic E-state index is 0.00648. The SMILES string of the molecule is C=CCOC(C(=O)O[C@@H]1[C@H](C)[C@@H](O[C@@H]2O[C@H](C)C[C@H](N(C)C)[C@H]2O)[C@@](C)(OC)C[C@@H](C)C(=O)[C@H](C)[C@H]2OC(=O)O[C@]2(C)[C@@H](CC)OC(=O)[C@@H]1C)c1cccc(OC)c1. The lowest BCUT2D eigenvalue weighted by molar-refractivity contribution is -0.302. The van der Waals surface area contributed by atoms with Crippen LogP contribution in [0.5, 0.6) is 5.75 Å². The van der Waals surface area contributed by atoms with Gasteiger partial charge in [0.15, 0.2) is 24.1 Å². The van der Waals surface area contributed by atoms with Crippen molar-refractivity contribution in [3.05, 3.63) is 42.5 Å². The highest BCUT2D eigenvalue weighted by molar-refractivity contribution is 5.84. The lowest BCUT2D eigenvalue weighted by atomic mass is 9.74. The molecule has 15 atom stereocenters. The minimum atomic E-state index is -1.53. The summed E-state index contributed by atoms with van der Waals surface area (Å²) in [6, 6.07) is 6.44. The van der Waals surface area contributed by atoms with E-state index in [9.17, 15) is 24.3 Å². The third-order valence-electron chi connectivity index (χ3n) is 12.2. The van der Waals surface area contributed by atoms with Crippen molar-refractivity contribution in [1.29, 1.82) is 0 Å². The Hall–Kier alpha value is -3.60. The highest BCUT2D eigenvalue weighted by Gasteiger charge is 2.59. The molecule has 1 aromatic carbocycles. The van der Waals surface area contributed by atoms with Gasteiger partial charge in [-0.3, -0.25) is 9.59 Å². The molecule has 1 N–H and O–H groups in total. The van der Waals surface area contributed by atoms with E-state index in [0.717, 1.165) is 0 Å². The molecule has 0 aliphatic carbocycles. The minimum Gasteiger partial charge on any atom is -0.497 e. The first-order valence-electron chi connectivity index (χ1n) is 20.2. The van der Waals surface area contributed by atoms with Crippen LogP contribution >= 0.6 is 0 Å². The van der Waals surface area contributed by atoms with Crippen LogP contribution in [0, 0.1) is 23.7 Å². The van der Waals surface area contributed by atoms with E-state index in [0.29, 0.717) is 17.7 Å². The number of methoxy groups -OCH3 is 2. The number of Topliss-reactive ketones (excluding diaryl/α,β-unsaturated/α-hetero) is 1. The number of rotatable bonds is 12. The third-order valence-corrected chi connectivity index (χ3v) is 12.2. The average molecular weight is 820 g/mol. The van der Waals surface area contributed by atoms with Crippen molar-refractivity contribution >= 4 is 23.9 Å². The first kappa shape index (κ1) is 47.1. The number of carbonyl (C=O) groups excluding carboxylic acids is 4. The van der Waals surface area contributed by atoms with Gasteiger partial charge < -0.3 is 52.6 Å². The van der Waals surface area contributed by atoms with E-state index in [1.54, 1.807) is 72.7 Å². The quantitative estimate of drug-likeness (QED) is 0.165. The summed E-state index contributed by atoms with van der Waals surface area (Å²) in [4.78, 5) is 58.0. The molecule has 0 radical (unpaired) electrons. The van der Waals surface area contributed by atoms with Crippen molar-refractivity contribution in [3.8, 4) is 5.75 Å². The molecule has 0 aromatic heterocycles. The van der Waals surface area contributed by atoms with Crippen molar-refractivity contribution in [2.75, 3.05) is 34.9 Å². The maximum atomic E-state index is 14.5. The fourth-order valence-electron chi connectivity index (χ4n) is 8.86. The van der Waals surface area contributed by atoms with Crippen LogP contribution in [0.3, 0.4) is 0 Å². The molecule has 0 spiro atoms. The smallest absolute Gasteiger partial charge is 0.497 e. The summed E-state index contributed by atoms with van der Waals surface area (Å²) in [5, 5.41) is 11.7. The van der Waals surface area contributed by atoms with Crippen molar-refractivity contribution in [2.24, 2.45) is 23.7 Å². The molecule has 58 heavy (non-hydrogen) atoms. The summed E-state index contributed by atoms with van der Waals surface area (Å²) in [7, 11) is 6.70. The lowest BCUT2D eigenvalue weighted by Gasteiger charge is -2.48. The third kappa shape index (κ3) is 10.0. The standard InChI is InChI=1S/C43H65NO14/c1-14-19-52-35(28-17-16-18-29(21-28)50-12)39(48)55-34-26(6)36(56-40-33(46)30(44(10)11)20-24(4)53-40)42(8,51-13)22-23(3)32(45)25(5)37-43(9,58-41(49)57-37)31(15-2)54-38(47)27(34)7/h14,16-18,21,23-27,30-31,33-37,40,46H,1,15,19-20,22H2,2-13H3/t23-,24-,25+,26+,27-,30+,31-,33-,34-,35?,36-,37-,40+,42+,43-/m1/s1. The van der Waals surface area contributed by atoms with Gasteiger partial charge in [-0.1, -0.05) is 45.9 Å². The number of likely N-dealkylation sites (N-methyl/N-ethyl adjacent to an activating group) is 1. The van der Waals surface area contributed by atoms with Gasteiger partial charge in [0.1, 0.15) is 29.8 Å². The molecule has 3 aliphatic rings. The van der Waals surface area contributed by atoms with Crippen LogP contribution in [-0.4, -0.2) is 129 Å². The fourth-order valence-corrected chi connectivity index (χ4v) is 8.86. The lowest BCUT2D eigenvalue weighted by Crippen LogP contribution is -2.60. The number of hydrogen-bond acceptors (Lipinski definition) is 15. The number of nitrogens with zero attached hydrogens (tertiary/aromatic N) is 1. The van der Waals surface area contributed by atoms with Gasteiger partial charge in [-0.15, -0.1) is 6.58 Å². The second-order valence-electron chi connectivity index (χ2n) is 16.7. The summed E-state index contributed by atoms with van der Waals surface area (Å²) in [6.45, 7) is 17.5. The molecule has 3 heterocycles. The molecule has 0 amide bonds. The number of hydrogen-bond donors (Lipinski definition) is 1. The monoisotopic (exact) mass is 819 g/mol. The number of aliphatic hydroxyl groups is 1. The Morgan fingerprint density at radius 1 is 1.07 bits per heavy atom. The van der Waals surface area contributed by atoms with E-state index in [1.165, 1.54) is 20.3 Å². The van der Waals surface area contributed by atoms with Crippen molar-refractivity contribution < 1.29 is 66.9 Å². The molecule has 3 aliphatic heterocycles. The van der Waals surface area contributed by atoms with Crippen LogP contribution in [0.15, 0.2) is 36.9 Å². The van der Waals surface area contributed by atoms with E-state index < -0.39 is 95.9 Å². The first-order chi connectivity index (χ1) is 27.3. The molecule has 3 fully saturated rings. The number of cyclic esters (lactones) is 1. The second kappa shape index (κ2) is 19.6. The Bertz CT molecular complexity index is 1600. The Kier molecular flexibility index (Phi) is 15.9. The summed E-state index contributed by atoms with van der Waals surface area (Å²) in [6.07, 6.45) is -7.09. The van der Waals surface area contributed by atoms with Gasteiger partial charge in [0, 0.05) is 25.0 Å². The van der Waals surface area contributed by atoms with Crippen molar-refractivity contribution in [3.63, 3.8) is 0 Å². The van der Waals surface area contributed by atoms with E-state index in [1.807, 2.05) is 25.9 Å². The summed E-state index contributed by atoms with van der Waals surface area (Å²) in [5.41, 5.74) is -2.44. The van der Waals surface area contributed by atoms with Crippen molar-refractivity contribution in [2.45, 2.75) is 141 Å². The molecule has 0 saturated carbocycles. The van der Waals surface area contributed by atoms with E-state index in [-0.39, 0.29) is 37.4 Å². The number of benzene rings is 1. The van der Waals surface area contributed by atoms with Crippen LogP contribution in [0.2, 0.25) is 0 Å². The van der Waals surface area contributed by atoms with Gasteiger partial charge in [0.2, 0.25) is 0 Å². The number of aliphatic hydroxyl groups excluding tert-OH is 1. The van der Waals surface area contributed by atoms with Crippen LogP contribution < -0.4 is 4.74 Å². The zero-order chi connectivity index (χ0) is 43.3. The Morgan fingerprint density at radius 2 is 1.76 bits per heavy atom. The number of fused-ring (bicyclic) bond motifs is 1. The van der Waals surface area contributed by atoms with Crippen LogP contribution in [0.4, 0.5) is 4.79 Å². The van der Waals surface area contributed by atoms with Crippen LogP contribution in [0.25, 0.3) is 0 Å². The van der Waals surface area contributed by atoms with Gasteiger partial charge in [-0.2, -0.15) is 0 Å². The number of carbonyl (C=O) groups is 4. The molecular weight excluding hydrogens is 754 g/mol. The van der Waals surface area contributed by atoms with Gasteiger partial charge in [-0.25, -0.2) is 9.59 Å². The summed E-state index contributed by atoms with van der Waals surface area (Å²) >= 11 is 0. The highest BCUT2D eigenvalue weighted by atomic mass is 16.8.